The SMILES string of the molecule is CC(C)c1ccc(C(C)N[C@@H](C)c2ccccn2)cc1. The van der Waals surface area contributed by atoms with E-state index in [9.17, 15) is 0 Å². The Bertz CT molecular complexity index is 517. The third-order valence-corrected chi connectivity index (χ3v) is 3.73. The topological polar surface area (TPSA) is 24.9 Å². The zero-order valence-electron chi connectivity index (χ0n) is 12.8. The number of hydrogen-bond donors (Lipinski definition) is 1. The lowest BCUT2D eigenvalue weighted by Gasteiger charge is -2.20. The van der Waals surface area contributed by atoms with Gasteiger partial charge in [0, 0.05) is 18.3 Å². The van der Waals surface area contributed by atoms with Crippen molar-refractivity contribution in [2.24, 2.45) is 0 Å². The molecule has 0 amide bonds. The van der Waals surface area contributed by atoms with E-state index in [1.807, 2.05) is 18.3 Å². The van der Waals surface area contributed by atoms with Crippen molar-refractivity contribution in [3.63, 3.8) is 0 Å². The van der Waals surface area contributed by atoms with Gasteiger partial charge in [0.15, 0.2) is 0 Å². The molecule has 0 fully saturated rings. The molecule has 106 valence electrons. The smallest absolute Gasteiger partial charge is 0.0570 e. The molecule has 0 aliphatic carbocycles. The number of nitrogens with zero attached hydrogens (tertiary/aromatic N) is 1. The summed E-state index contributed by atoms with van der Waals surface area (Å²) in [7, 11) is 0. The molecule has 1 heterocycles. The normalized spacial score (nSPS) is 14.2. The van der Waals surface area contributed by atoms with Gasteiger partial charge in [0.1, 0.15) is 0 Å². The summed E-state index contributed by atoms with van der Waals surface area (Å²) < 4.78 is 0. The summed E-state index contributed by atoms with van der Waals surface area (Å²) >= 11 is 0. The third-order valence-electron chi connectivity index (χ3n) is 3.73. The van der Waals surface area contributed by atoms with Crippen LogP contribution in [0.4, 0.5) is 0 Å². The molecule has 1 N–H and O–H groups in total. The third kappa shape index (κ3) is 3.67. The number of aromatic nitrogens is 1. The van der Waals surface area contributed by atoms with E-state index in [0.29, 0.717) is 12.0 Å². The van der Waals surface area contributed by atoms with E-state index >= 15 is 0 Å². The Hall–Kier alpha value is -1.67. The first-order valence-corrected chi connectivity index (χ1v) is 7.34. The molecular weight excluding hydrogens is 244 g/mol. The first-order valence-electron chi connectivity index (χ1n) is 7.34. The molecule has 2 rings (SSSR count). The second-order valence-corrected chi connectivity index (χ2v) is 5.69. The Morgan fingerprint density at radius 1 is 0.800 bits per heavy atom. The number of rotatable bonds is 5. The van der Waals surface area contributed by atoms with E-state index < -0.39 is 0 Å². The molecule has 0 saturated heterocycles. The zero-order valence-corrected chi connectivity index (χ0v) is 12.8. The Morgan fingerprint density at radius 2 is 1.45 bits per heavy atom. The molecule has 0 bridgehead atoms. The highest BCUT2D eigenvalue weighted by atomic mass is 15.0. The molecule has 20 heavy (non-hydrogen) atoms. The van der Waals surface area contributed by atoms with Crippen molar-refractivity contribution < 1.29 is 0 Å². The minimum atomic E-state index is 0.246. The highest BCUT2D eigenvalue weighted by molar-refractivity contribution is 5.26. The summed E-state index contributed by atoms with van der Waals surface area (Å²) in [4.78, 5) is 4.40. The van der Waals surface area contributed by atoms with Gasteiger partial charge in [-0.05, 0) is 43.0 Å². The molecule has 0 spiro atoms. The van der Waals surface area contributed by atoms with Crippen LogP contribution in [0, 0.1) is 0 Å². The van der Waals surface area contributed by atoms with Gasteiger partial charge in [-0.1, -0.05) is 44.2 Å². The summed E-state index contributed by atoms with van der Waals surface area (Å²) in [5.41, 5.74) is 3.79. The molecule has 2 heteroatoms. The van der Waals surface area contributed by atoms with Crippen molar-refractivity contribution >= 4 is 0 Å². The van der Waals surface area contributed by atoms with E-state index in [0.717, 1.165) is 5.69 Å². The second-order valence-electron chi connectivity index (χ2n) is 5.69. The maximum absolute atomic E-state index is 4.40. The Labute approximate surface area is 122 Å². The fraction of sp³-hybridized carbons (Fsp3) is 0.389. The average molecular weight is 268 g/mol. The molecule has 1 aromatic heterocycles. The molecule has 0 saturated carbocycles. The lowest BCUT2D eigenvalue weighted by atomic mass is 9.99. The number of pyridine rings is 1. The quantitative estimate of drug-likeness (QED) is 0.856. The lowest BCUT2D eigenvalue weighted by Crippen LogP contribution is -2.23. The molecule has 0 aliphatic rings. The van der Waals surface area contributed by atoms with Crippen LogP contribution in [0.5, 0.6) is 0 Å². The van der Waals surface area contributed by atoms with E-state index in [1.165, 1.54) is 11.1 Å². The molecule has 1 unspecified atom stereocenters. The van der Waals surface area contributed by atoms with Gasteiger partial charge in [-0.25, -0.2) is 0 Å². The Balaban J connectivity index is 2.02. The maximum Gasteiger partial charge on any atom is 0.0570 e. The molecular formula is C18H24N2. The molecule has 2 atom stereocenters. The summed E-state index contributed by atoms with van der Waals surface area (Å²) in [5, 5.41) is 3.60. The number of benzene rings is 1. The van der Waals surface area contributed by atoms with Crippen LogP contribution in [-0.4, -0.2) is 4.98 Å². The first kappa shape index (κ1) is 14.7. The van der Waals surface area contributed by atoms with Gasteiger partial charge in [-0.15, -0.1) is 0 Å². The van der Waals surface area contributed by atoms with Crippen LogP contribution in [0.25, 0.3) is 0 Å². The van der Waals surface area contributed by atoms with E-state index in [4.69, 9.17) is 0 Å². The van der Waals surface area contributed by atoms with Crippen molar-refractivity contribution in [3.05, 3.63) is 65.5 Å². The average Bonchev–Trinajstić information content (AvgIpc) is 2.48. The minimum absolute atomic E-state index is 0.246. The van der Waals surface area contributed by atoms with E-state index in [-0.39, 0.29) is 6.04 Å². The summed E-state index contributed by atoms with van der Waals surface area (Å²) in [6.45, 7) is 8.80. The highest BCUT2D eigenvalue weighted by Crippen LogP contribution is 2.21. The van der Waals surface area contributed by atoms with Gasteiger partial charge < -0.3 is 5.32 Å². The van der Waals surface area contributed by atoms with Gasteiger partial charge in [0.2, 0.25) is 0 Å². The fourth-order valence-corrected chi connectivity index (χ4v) is 2.36. The van der Waals surface area contributed by atoms with Gasteiger partial charge in [-0.3, -0.25) is 4.98 Å². The number of hydrogen-bond acceptors (Lipinski definition) is 2. The van der Waals surface area contributed by atoms with Gasteiger partial charge in [0.25, 0.3) is 0 Å². The van der Waals surface area contributed by atoms with Crippen molar-refractivity contribution in [3.8, 4) is 0 Å². The van der Waals surface area contributed by atoms with Crippen molar-refractivity contribution in [1.82, 2.24) is 10.3 Å². The van der Waals surface area contributed by atoms with E-state index in [1.54, 1.807) is 0 Å². The van der Waals surface area contributed by atoms with Crippen molar-refractivity contribution in [2.75, 3.05) is 0 Å². The summed E-state index contributed by atoms with van der Waals surface area (Å²) in [6, 6.07) is 15.5. The van der Waals surface area contributed by atoms with Crippen LogP contribution >= 0.6 is 0 Å². The van der Waals surface area contributed by atoms with Crippen molar-refractivity contribution in [1.29, 1.82) is 0 Å². The van der Waals surface area contributed by atoms with Gasteiger partial charge >= 0.3 is 0 Å². The first-order chi connectivity index (χ1) is 9.58. The second kappa shape index (κ2) is 6.67. The predicted octanol–water partition coefficient (Wildman–Crippen LogP) is 4.62. The van der Waals surface area contributed by atoms with Crippen LogP contribution in [-0.2, 0) is 0 Å². The molecule has 1 aromatic carbocycles. The summed E-state index contributed by atoms with van der Waals surface area (Å²) in [5.74, 6) is 0.583. The highest BCUT2D eigenvalue weighted by Gasteiger charge is 2.12. The summed E-state index contributed by atoms with van der Waals surface area (Å²) in [6.07, 6.45) is 1.84. The van der Waals surface area contributed by atoms with Crippen LogP contribution < -0.4 is 5.32 Å². The largest absolute Gasteiger partial charge is 0.302 e. The molecule has 0 radical (unpaired) electrons. The van der Waals surface area contributed by atoms with Crippen LogP contribution in [0.15, 0.2) is 48.7 Å². The Kier molecular flexibility index (Phi) is 4.91. The zero-order chi connectivity index (χ0) is 14.5. The van der Waals surface area contributed by atoms with Crippen molar-refractivity contribution in [2.45, 2.75) is 45.7 Å². The van der Waals surface area contributed by atoms with E-state index in [2.05, 4.69) is 68.3 Å². The standard InChI is InChI=1S/C18H24N2/c1-13(2)16-8-10-17(11-9-16)14(3)20-15(4)18-7-5-6-12-19-18/h5-15,20H,1-4H3/t14?,15-/m0/s1. The van der Waals surface area contributed by atoms with Crippen LogP contribution in [0.1, 0.15) is 62.5 Å². The monoisotopic (exact) mass is 268 g/mol. The Morgan fingerprint density at radius 3 is 2.00 bits per heavy atom. The van der Waals surface area contributed by atoms with Crippen LogP contribution in [0.2, 0.25) is 0 Å². The molecule has 0 aliphatic heterocycles. The van der Waals surface area contributed by atoms with Gasteiger partial charge in [-0.2, -0.15) is 0 Å². The molecule has 2 aromatic rings. The maximum atomic E-state index is 4.40. The van der Waals surface area contributed by atoms with Gasteiger partial charge in [0.05, 0.1) is 5.69 Å². The molecule has 2 nitrogen and oxygen atoms in total. The predicted molar refractivity (Wildman–Crippen MR) is 84.7 cm³/mol. The fourth-order valence-electron chi connectivity index (χ4n) is 2.36. The lowest BCUT2D eigenvalue weighted by molar-refractivity contribution is 0.486. The number of nitrogens with one attached hydrogen (secondary N) is 1. The minimum Gasteiger partial charge on any atom is -0.302 e. The van der Waals surface area contributed by atoms with Crippen LogP contribution in [0.3, 0.4) is 0 Å².